The molecule has 2 rings (SSSR count). The summed E-state index contributed by atoms with van der Waals surface area (Å²) in [6.07, 6.45) is 0. The minimum atomic E-state index is -3.99. The van der Waals surface area contributed by atoms with Gasteiger partial charge in [0.1, 0.15) is 15.5 Å². The number of hydrogen-bond donors (Lipinski definition) is 2. The molecule has 0 saturated heterocycles. The van der Waals surface area contributed by atoms with E-state index in [9.17, 15) is 18.3 Å². The maximum absolute atomic E-state index is 12.6. The first-order chi connectivity index (χ1) is 9.75. The van der Waals surface area contributed by atoms with Gasteiger partial charge in [0.25, 0.3) is 10.0 Å². The van der Waals surface area contributed by atoms with E-state index in [2.05, 4.69) is 0 Å². The molecule has 1 heterocycles. The predicted molar refractivity (Wildman–Crippen MR) is 79.7 cm³/mol. The molecule has 0 radical (unpaired) electrons. The van der Waals surface area contributed by atoms with E-state index in [4.69, 9.17) is 5.11 Å². The largest absolute Gasteiger partial charge is 0.508 e. The molecule has 0 fully saturated rings. The SMILES string of the molecule is Cc1csc(C(=O)O)c1S(=O)(=O)N(C)c1ccc(O)cc1. The van der Waals surface area contributed by atoms with Crippen LogP contribution in [0.4, 0.5) is 5.69 Å². The summed E-state index contributed by atoms with van der Waals surface area (Å²) in [6, 6.07) is 5.60. The van der Waals surface area contributed by atoms with Crippen molar-refractivity contribution in [3.05, 3.63) is 40.1 Å². The van der Waals surface area contributed by atoms with Crippen LogP contribution in [0.25, 0.3) is 0 Å². The van der Waals surface area contributed by atoms with Crippen molar-refractivity contribution >= 4 is 33.0 Å². The average molecular weight is 327 g/mol. The summed E-state index contributed by atoms with van der Waals surface area (Å²) in [5.74, 6) is -1.26. The molecule has 0 aliphatic heterocycles. The summed E-state index contributed by atoms with van der Waals surface area (Å²) >= 11 is 0.881. The van der Waals surface area contributed by atoms with Crippen molar-refractivity contribution in [3.63, 3.8) is 0 Å². The van der Waals surface area contributed by atoms with Gasteiger partial charge >= 0.3 is 5.97 Å². The molecule has 0 spiro atoms. The highest BCUT2D eigenvalue weighted by Gasteiger charge is 2.30. The van der Waals surface area contributed by atoms with Gasteiger partial charge in [0.2, 0.25) is 0 Å². The molecule has 1 aromatic carbocycles. The van der Waals surface area contributed by atoms with Gasteiger partial charge in [-0.05, 0) is 42.1 Å². The molecule has 1 aromatic heterocycles. The number of benzene rings is 1. The Kier molecular flexibility index (Phi) is 3.93. The fraction of sp³-hybridized carbons (Fsp3) is 0.154. The Labute approximate surface area is 125 Å². The van der Waals surface area contributed by atoms with Gasteiger partial charge in [0, 0.05) is 7.05 Å². The van der Waals surface area contributed by atoms with Crippen LogP contribution in [0.1, 0.15) is 15.2 Å². The van der Waals surface area contributed by atoms with Crippen molar-refractivity contribution in [3.8, 4) is 5.75 Å². The highest BCUT2D eigenvalue weighted by molar-refractivity contribution is 7.93. The summed E-state index contributed by atoms with van der Waals surface area (Å²) in [6.45, 7) is 1.56. The molecule has 0 bridgehead atoms. The third-order valence-corrected chi connectivity index (χ3v) is 6.13. The molecule has 8 heteroatoms. The Balaban J connectivity index is 2.54. The normalized spacial score (nSPS) is 11.3. The molecule has 0 aliphatic carbocycles. The number of phenols is 1. The van der Waals surface area contributed by atoms with Gasteiger partial charge in [-0.1, -0.05) is 0 Å². The topological polar surface area (TPSA) is 94.9 Å². The predicted octanol–water partition coefficient (Wildman–Crippen LogP) is 2.29. The Morgan fingerprint density at radius 3 is 2.33 bits per heavy atom. The van der Waals surface area contributed by atoms with Crippen LogP contribution in [0.5, 0.6) is 5.75 Å². The molecule has 21 heavy (non-hydrogen) atoms. The molecule has 112 valence electrons. The molecular weight excluding hydrogens is 314 g/mol. The number of aromatic carboxylic acids is 1. The zero-order valence-corrected chi connectivity index (χ0v) is 12.9. The number of carboxylic acid groups (broad SMARTS) is 1. The molecule has 2 aromatic rings. The van der Waals surface area contributed by atoms with Crippen molar-refractivity contribution in [2.24, 2.45) is 0 Å². The number of aryl methyl sites for hydroxylation is 1. The zero-order chi connectivity index (χ0) is 15.8. The minimum Gasteiger partial charge on any atom is -0.508 e. The minimum absolute atomic E-state index is 0.0162. The summed E-state index contributed by atoms with van der Waals surface area (Å²) in [7, 11) is -2.65. The lowest BCUT2D eigenvalue weighted by Crippen LogP contribution is -2.28. The quantitative estimate of drug-likeness (QED) is 0.898. The first-order valence-corrected chi connectivity index (χ1v) is 8.16. The summed E-state index contributed by atoms with van der Waals surface area (Å²) in [5.41, 5.74) is 0.720. The third-order valence-electron chi connectivity index (χ3n) is 2.94. The van der Waals surface area contributed by atoms with Crippen LogP contribution in [-0.4, -0.2) is 31.6 Å². The Bertz CT molecular complexity index is 777. The van der Waals surface area contributed by atoms with E-state index < -0.39 is 16.0 Å². The Morgan fingerprint density at radius 2 is 1.81 bits per heavy atom. The summed E-state index contributed by atoms with van der Waals surface area (Å²) in [4.78, 5) is 10.8. The van der Waals surface area contributed by atoms with Crippen LogP contribution in [0.3, 0.4) is 0 Å². The van der Waals surface area contributed by atoms with Crippen molar-refractivity contribution in [1.29, 1.82) is 0 Å². The monoisotopic (exact) mass is 327 g/mol. The van der Waals surface area contributed by atoms with Crippen LogP contribution in [0.2, 0.25) is 0 Å². The average Bonchev–Trinajstić information content (AvgIpc) is 2.81. The van der Waals surface area contributed by atoms with Crippen molar-refractivity contribution in [1.82, 2.24) is 0 Å². The number of rotatable bonds is 4. The van der Waals surface area contributed by atoms with E-state index in [0.29, 0.717) is 11.3 Å². The van der Waals surface area contributed by atoms with Gasteiger partial charge < -0.3 is 10.2 Å². The van der Waals surface area contributed by atoms with Crippen molar-refractivity contribution in [2.75, 3.05) is 11.4 Å². The first-order valence-electron chi connectivity index (χ1n) is 5.84. The van der Waals surface area contributed by atoms with Gasteiger partial charge in [0.15, 0.2) is 0 Å². The zero-order valence-electron chi connectivity index (χ0n) is 11.3. The van der Waals surface area contributed by atoms with Crippen LogP contribution in [0.15, 0.2) is 34.5 Å². The number of hydrogen-bond acceptors (Lipinski definition) is 5. The first kappa shape index (κ1) is 15.3. The molecular formula is C13H13NO5S2. The molecule has 2 N–H and O–H groups in total. The van der Waals surface area contributed by atoms with Crippen molar-refractivity contribution < 1.29 is 23.4 Å². The van der Waals surface area contributed by atoms with Gasteiger partial charge in [-0.3, -0.25) is 4.31 Å². The van der Waals surface area contributed by atoms with Gasteiger partial charge in [0.05, 0.1) is 5.69 Å². The maximum Gasteiger partial charge on any atom is 0.347 e. The van der Waals surface area contributed by atoms with E-state index in [0.717, 1.165) is 15.6 Å². The lowest BCUT2D eigenvalue weighted by atomic mass is 10.3. The summed E-state index contributed by atoms with van der Waals surface area (Å²) in [5, 5.41) is 19.9. The number of anilines is 1. The number of thiophene rings is 1. The highest BCUT2D eigenvalue weighted by Crippen LogP contribution is 2.31. The van der Waals surface area contributed by atoms with E-state index in [1.54, 1.807) is 6.92 Å². The standard InChI is InChI=1S/C13H13NO5S2/c1-8-7-20-11(13(16)17)12(8)21(18,19)14(2)9-3-5-10(15)6-4-9/h3-7,15H,1-2H3,(H,16,17). The molecule has 0 saturated carbocycles. The van der Waals surface area contributed by atoms with Crippen LogP contribution < -0.4 is 4.31 Å². The number of nitrogens with zero attached hydrogens (tertiary/aromatic N) is 1. The number of carbonyl (C=O) groups is 1. The van der Waals surface area contributed by atoms with Crippen molar-refractivity contribution in [2.45, 2.75) is 11.8 Å². The number of carboxylic acids is 1. The Hall–Kier alpha value is -2.06. The van der Waals surface area contributed by atoms with E-state index in [-0.39, 0.29) is 15.5 Å². The molecule has 0 atom stereocenters. The van der Waals surface area contributed by atoms with E-state index >= 15 is 0 Å². The third kappa shape index (κ3) is 2.72. The van der Waals surface area contributed by atoms with E-state index in [1.807, 2.05) is 0 Å². The second kappa shape index (κ2) is 5.38. The Morgan fingerprint density at radius 1 is 1.24 bits per heavy atom. The molecule has 0 aliphatic rings. The molecule has 6 nitrogen and oxygen atoms in total. The van der Waals surface area contributed by atoms with Crippen LogP contribution >= 0.6 is 11.3 Å². The number of sulfonamides is 1. The van der Waals surface area contributed by atoms with Gasteiger partial charge in [-0.2, -0.15) is 0 Å². The smallest absolute Gasteiger partial charge is 0.347 e. The van der Waals surface area contributed by atoms with Crippen LogP contribution in [0, 0.1) is 6.92 Å². The van der Waals surface area contributed by atoms with Crippen LogP contribution in [-0.2, 0) is 10.0 Å². The summed E-state index contributed by atoms with van der Waals surface area (Å²) < 4.78 is 26.3. The van der Waals surface area contributed by atoms with E-state index in [1.165, 1.54) is 36.7 Å². The fourth-order valence-corrected chi connectivity index (χ4v) is 4.62. The molecule has 0 amide bonds. The number of phenolic OH excluding ortho intramolecular Hbond substituents is 1. The maximum atomic E-state index is 12.6. The highest BCUT2D eigenvalue weighted by atomic mass is 32.2. The second-order valence-electron chi connectivity index (χ2n) is 4.37. The number of aromatic hydroxyl groups is 1. The molecule has 0 unspecified atom stereocenters. The lowest BCUT2D eigenvalue weighted by molar-refractivity contribution is 0.0698. The van der Waals surface area contributed by atoms with Gasteiger partial charge in [-0.25, -0.2) is 13.2 Å². The fourth-order valence-electron chi connectivity index (χ4n) is 1.84. The second-order valence-corrected chi connectivity index (χ2v) is 7.16. The van der Waals surface area contributed by atoms with Gasteiger partial charge in [-0.15, -0.1) is 11.3 Å². The lowest BCUT2D eigenvalue weighted by Gasteiger charge is -2.20.